The Labute approximate surface area is 147 Å². The monoisotopic (exact) mass is 347 g/mol. The van der Waals surface area contributed by atoms with E-state index in [0.717, 1.165) is 37.3 Å². The van der Waals surface area contributed by atoms with Gasteiger partial charge >= 0.3 is 0 Å². The number of non-ortho nitro benzene ring substituents is 1. The lowest BCUT2D eigenvalue weighted by Gasteiger charge is -2.24. The molecule has 0 radical (unpaired) electrons. The van der Waals surface area contributed by atoms with Crippen LogP contribution in [0.2, 0.25) is 0 Å². The molecule has 2 aromatic rings. The predicted octanol–water partition coefficient (Wildman–Crippen LogP) is 5.07. The lowest BCUT2D eigenvalue weighted by atomic mass is 10.1. The Hall–Kier alpha value is -1.95. The molecule has 0 saturated heterocycles. The molecule has 6 heteroatoms. The second-order valence-electron chi connectivity index (χ2n) is 5.90. The van der Waals surface area contributed by atoms with Crippen molar-refractivity contribution in [3.8, 4) is 0 Å². The quantitative estimate of drug-likeness (QED) is 0.323. The van der Waals surface area contributed by atoms with Crippen LogP contribution >= 0.6 is 11.3 Å². The smallest absolute Gasteiger partial charge is 0.269 e. The zero-order valence-corrected chi connectivity index (χ0v) is 15.0. The van der Waals surface area contributed by atoms with E-state index in [2.05, 4.69) is 22.2 Å². The average Bonchev–Trinajstić information content (AvgIpc) is 3.11. The third-order valence-corrected chi connectivity index (χ3v) is 4.71. The van der Waals surface area contributed by atoms with Gasteiger partial charge in [-0.2, -0.15) is 0 Å². The van der Waals surface area contributed by atoms with Gasteiger partial charge < -0.3 is 4.90 Å². The molecule has 0 spiro atoms. The molecule has 0 amide bonds. The average molecular weight is 347 g/mol. The van der Waals surface area contributed by atoms with Crippen LogP contribution in [0.5, 0.6) is 0 Å². The fourth-order valence-corrected chi connectivity index (χ4v) is 3.26. The summed E-state index contributed by atoms with van der Waals surface area (Å²) in [6.07, 6.45) is 7.08. The SMILES string of the molecule is CCCCCCCN(CCc1cscn1)c1ccc([N+](=O)[O-])cc1. The zero-order chi connectivity index (χ0) is 17.2. The number of hydrogen-bond donors (Lipinski definition) is 0. The Balaban J connectivity index is 1.96. The summed E-state index contributed by atoms with van der Waals surface area (Å²) in [5, 5.41) is 12.9. The van der Waals surface area contributed by atoms with E-state index < -0.39 is 0 Å². The maximum absolute atomic E-state index is 10.8. The Morgan fingerprint density at radius 1 is 1.12 bits per heavy atom. The zero-order valence-electron chi connectivity index (χ0n) is 14.2. The number of benzene rings is 1. The minimum absolute atomic E-state index is 0.140. The van der Waals surface area contributed by atoms with Gasteiger partial charge in [0.2, 0.25) is 0 Å². The second kappa shape index (κ2) is 10.0. The van der Waals surface area contributed by atoms with E-state index >= 15 is 0 Å². The van der Waals surface area contributed by atoms with Crippen LogP contribution in [0.15, 0.2) is 35.2 Å². The summed E-state index contributed by atoms with van der Waals surface area (Å²) < 4.78 is 0. The summed E-state index contributed by atoms with van der Waals surface area (Å²) in [4.78, 5) is 17.1. The van der Waals surface area contributed by atoms with Gasteiger partial charge in [-0.15, -0.1) is 11.3 Å². The molecule has 0 aliphatic rings. The summed E-state index contributed by atoms with van der Waals surface area (Å²) in [7, 11) is 0. The number of unbranched alkanes of at least 4 members (excludes halogenated alkanes) is 4. The molecule has 0 saturated carbocycles. The van der Waals surface area contributed by atoms with Gasteiger partial charge in [-0.25, -0.2) is 4.98 Å². The van der Waals surface area contributed by atoms with Crippen LogP contribution in [0.1, 0.15) is 44.7 Å². The summed E-state index contributed by atoms with van der Waals surface area (Å²) in [6.45, 7) is 4.08. The largest absolute Gasteiger partial charge is 0.371 e. The molecule has 0 unspecified atom stereocenters. The molecule has 0 fully saturated rings. The van der Waals surface area contributed by atoms with E-state index in [0.29, 0.717) is 0 Å². The summed E-state index contributed by atoms with van der Waals surface area (Å²) in [6, 6.07) is 6.88. The molecule has 24 heavy (non-hydrogen) atoms. The van der Waals surface area contributed by atoms with Crippen LogP contribution in [-0.2, 0) is 6.42 Å². The molecule has 1 aromatic heterocycles. The van der Waals surface area contributed by atoms with Crippen LogP contribution in [0, 0.1) is 10.1 Å². The van der Waals surface area contributed by atoms with Crippen LogP contribution in [0.25, 0.3) is 0 Å². The Morgan fingerprint density at radius 3 is 2.50 bits per heavy atom. The van der Waals surface area contributed by atoms with E-state index in [4.69, 9.17) is 0 Å². The van der Waals surface area contributed by atoms with Gasteiger partial charge in [0.25, 0.3) is 5.69 Å². The molecule has 0 N–H and O–H groups in total. The van der Waals surface area contributed by atoms with Crippen molar-refractivity contribution in [2.75, 3.05) is 18.0 Å². The first-order valence-electron chi connectivity index (χ1n) is 8.57. The molecule has 130 valence electrons. The summed E-state index contributed by atoms with van der Waals surface area (Å²) in [5.41, 5.74) is 4.15. The van der Waals surface area contributed by atoms with Gasteiger partial charge in [0, 0.05) is 42.7 Å². The minimum Gasteiger partial charge on any atom is -0.371 e. The molecule has 2 rings (SSSR count). The Bertz CT molecular complexity index is 599. The minimum atomic E-state index is -0.353. The van der Waals surface area contributed by atoms with Gasteiger partial charge in [0.15, 0.2) is 0 Å². The Kier molecular flexibility index (Phi) is 7.68. The van der Waals surface area contributed by atoms with Gasteiger partial charge in [-0.05, 0) is 18.6 Å². The highest BCUT2D eigenvalue weighted by atomic mass is 32.1. The third kappa shape index (κ3) is 5.92. The van der Waals surface area contributed by atoms with Crippen molar-refractivity contribution >= 4 is 22.7 Å². The number of rotatable bonds is 11. The van der Waals surface area contributed by atoms with Crippen LogP contribution in [-0.4, -0.2) is 23.0 Å². The maximum atomic E-state index is 10.8. The van der Waals surface area contributed by atoms with Gasteiger partial charge in [0.05, 0.1) is 16.1 Å². The molecule has 1 aromatic carbocycles. The van der Waals surface area contributed by atoms with E-state index in [1.54, 1.807) is 23.5 Å². The van der Waals surface area contributed by atoms with Crippen molar-refractivity contribution in [2.24, 2.45) is 0 Å². The maximum Gasteiger partial charge on any atom is 0.269 e. The number of nitro benzene ring substituents is 1. The first kappa shape index (κ1) is 18.4. The molecule has 0 bridgehead atoms. The molecule has 0 aliphatic heterocycles. The molecule has 5 nitrogen and oxygen atoms in total. The van der Waals surface area contributed by atoms with E-state index in [1.807, 2.05) is 17.6 Å². The molecule has 0 aliphatic carbocycles. The Morgan fingerprint density at radius 2 is 1.88 bits per heavy atom. The van der Waals surface area contributed by atoms with Crippen molar-refractivity contribution < 1.29 is 4.92 Å². The lowest BCUT2D eigenvalue weighted by molar-refractivity contribution is -0.384. The normalized spacial score (nSPS) is 10.7. The van der Waals surface area contributed by atoms with Crippen molar-refractivity contribution in [1.29, 1.82) is 0 Å². The molecular formula is C18H25N3O2S. The van der Waals surface area contributed by atoms with Gasteiger partial charge in [-0.3, -0.25) is 10.1 Å². The highest BCUT2D eigenvalue weighted by Crippen LogP contribution is 2.20. The van der Waals surface area contributed by atoms with Crippen LogP contribution < -0.4 is 4.90 Å². The number of thiazole rings is 1. The first-order valence-corrected chi connectivity index (χ1v) is 9.51. The van der Waals surface area contributed by atoms with Gasteiger partial charge in [0.1, 0.15) is 0 Å². The van der Waals surface area contributed by atoms with Crippen LogP contribution in [0.4, 0.5) is 11.4 Å². The predicted molar refractivity (Wildman–Crippen MR) is 99.9 cm³/mol. The number of nitro groups is 1. The fraction of sp³-hybridized carbons (Fsp3) is 0.500. The van der Waals surface area contributed by atoms with E-state index in [-0.39, 0.29) is 10.6 Å². The summed E-state index contributed by atoms with van der Waals surface area (Å²) >= 11 is 1.61. The number of anilines is 1. The van der Waals surface area contributed by atoms with Crippen molar-refractivity contribution in [3.63, 3.8) is 0 Å². The lowest BCUT2D eigenvalue weighted by Crippen LogP contribution is -2.27. The first-order chi connectivity index (χ1) is 11.7. The van der Waals surface area contributed by atoms with Crippen molar-refractivity contribution in [3.05, 3.63) is 51.0 Å². The highest BCUT2D eigenvalue weighted by Gasteiger charge is 2.10. The van der Waals surface area contributed by atoms with E-state index in [9.17, 15) is 10.1 Å². The molecular weight excluding hydrogens is 322 g/mol. The van der Waals surface area contributed by atoms with Crippen molar-refractivity contribution in [2.45, 2.75) is 45.4 Å². The number of hydrogen-bond acceptors (Lipinski definition) is 5. The van der Waals surface area contributed by atoms with Crippen molar-refractivity contribution in [1.82, 2.24) is 4.98 Å². The molecule has 0 atom stereocenters. The fourth-order valence-electron chi connectivity index (χ4n) is 2.67. The standard InChI is InChI=1S/C18H25N3O2S/c1-2-3-4-5-6-12-20(13-11-16-14-24-15-19-16)17-7-9-18(10-8-17)21(22)23/h7-10,14-15H,2-6,11-13H2,1H3. The second-order valence-corrected chi connectivity index (χ2v) is 6.62. The van der Waals surface area contributed by atoms with E-state index in [1.165, 1.54) is 25.7 Å². The number of nitrogens with zero attached hydrogens (tertiary/aromatic N) is 3. The number of aromatic nitrogens is 1. The summed E-state index contributed by atoms with van der Waals surface area (Å²) in [5.74, 6) is 0. The topological polar surface area (TPSA) is 59.3 Å². The highest BCUT2D eigenvalue weighted by molar-refractivity contribution is 7.07. The van der Waals surface area contributed by atoms with Gasteiger partial charge in [-0.1, -0.05) is 32.6 Å². The van der Waals surface area contributed by atoms with Crippen LogP contribution in [0.3, 0.4) is 0 Å². The molecule has 1 heterocycles. The third-order valence-electron chi connectivity index (χ3n) is 4.08.